The summed E-state index contributed by atoms with van der Waals surface area (Å²) >= 11 is 0. The van der Waals surface area contributed by atoms with E-state index in [1.54, 1.807) is 13.0 Å². The molecular formula is C14H17N3O6S2. The van der Waals surface area contributed by atoms with E-state index < -0.39 is 32.0 Å². The van der Waals surface area contributed by atoms with Crippen LogP contribution >= 0.6 is 0 Å². The topological polar surface area (TPSA) is 149 Å². The Labute approximate surface area is 145 Å². The van der Waals surface area contributed by atoms with Gasteiger partial charge in [0.15, 0.2) is 5.76 Å². The van der Waals surface area contributed by atoms with Gasteiger partial charge in [-0.15, -0.1) is 0 Å². The van der Waals surface area contributed by atoms with Gasteiger partial charge in [0, 0.05) is 0 Å². The number of benzene rings is 1. The number of rotatable bonds is 6. The van der Waals surface area contributed by atoms with Gasteiger partial charge in [-0.25, -0.2) is 26.7 Å². The number of furan rings is 1. The molecule has 0 saturated heterocycles. The average molecular weight is 387 g/mol. The van der Waals surface area contributed by atoms with Crippen LogP contribution in [0.4, 0.5) is 0 Å². The number of hydrogen-bond donors (Lipinski definition) is 3. The minimum Gasteiger partial charge on any atom is -0.438 e. The molecule has 0 bridgehead atoms. The molecule has 0 aliphatic rings. The second kappa shape index (κ2) is 6.96. The molecule has 2 rings (SSSR count). The van der Waals surface area contributed by atoms with Crippen LogP contribution < -0.4 is 15.2 Å². The van der Waals surface area contributed by atoms with Crippen molar-refractivity contribution >= 4 is 26.0 Å². The summed E-state index contributed by atoms with van der Waals surface area (Å²) < 4.78 is 53.1. The molecule has 0 spiro atoms. The van der Waals surface area contributed by atoms with Crippen molar-refractivity contribution in [3.8, 4) is 0 Å². The first-order chi connectivity index (χ1) is 11.5. The fourth-order valence-electron chi connectivity index (χ4n) is 2.00. The van der Waals surface area contributed by atoms with E-state index in [9.17, 15) is 21.6 Å². The molecule has 0 aliphatic heterocycles. The maximum Gasteiger partial charge on any atom is 0.287 e. The first-order valence-electron chi connectivity index (χ1n) is 7.01. The van der Waals surface area contributed by atoms with Gasteiger partial charge in [-0.05, 0) is 43.8 Å². The molecule has 1 amide bonds. The highest BCUT2D eigenvalue weighted by Gasteiger charge is 2.21. The Hall–Kier alpha value is -2.21. The van der Waals surface area contributed by atoms with Crippen molar-refractivity contribution in [3.63, 3.8) is 0 Å². The maximum atomic E-state index is 12.2. The normalized spacial score (nSPS) is 13.4. The number of hydrogen-bond acceptors (Lipinski definition) is 6. The van der Waals surface area contributed by atoms with Crippen molar-refractivity contribution in [1.82, 2.24) is 10.0 Å². The van der Waals surface area contributed by atoms with Gasteiger partial charge in [0.2, 0.25) is 15.1 Å². The molecule has 1 heterocycles. The Bertz CT molecular complexity index is 995. The van der Waals surface area contributed by atoms with Crippen molar-refractivity contribution in [2.45, 2.75) is 23.0 Å². The molecule has 1 aromatic carbocycles. The molecule has 136 valence electrons. The Morgan fingerprint density at radius 1 is 1.16 bits per heavy atom. The molecule has 1 atom stereocenters. The fourth-order valence-corrected chi connectivity index (χ4v) is 3.22. The zero-order chi connectivity index (χ0) is 18.8. The molecule has 2 aromatic rings. The van der Waals surface area contributed by atoms with Crippen molar-refractivity contribution < 1.29 is 26.0 Å². The van der Waals surface area contributed by atoms with Crippen molar-refractivity contribution in [2.24, 2.45) is 5.14 Å². The van der Waals surface area contributed by atoms with Gasteiger partial charge in [0.1, 0.15) is 0 Å². The summed E-state index contributed by atoms with van der Waals surface area (Å²) in [6, 6.07) is 7.64. The summed E-state index contributed by atoms with van der Waals surface area (Å²) in [5.41, 5.74) is 0.509. The smallest absolute Gasteiger partial charge is 0.287 e. The van der Waals surface area contributed by atoms with Gasteiger partial charge >= 0.3 is 0 Å². The average Bonchev–Trinajstić information content (AvgIpc) is 3.05. The number of nitrogens with one attached hydrogen (secondary N) is 2. The maximum absolute atomic E-state index is 12.2. The van der Waals surface area contributed by atoms with E-state index in [4.69, 9.17) is 9.56 Å². The highest BCUT2D eigenvalue weighted by Crippen LogP contribution is 2.18. The Morgan fingerprint density at radius 2 is 1.84 bits per heavy atom. The van der Waals surface area contributed by atoms with Crippen LogP contribution in [0.1, 0.15) is 29.1 Å². The van der Waals surface area contributed by atoms with E-state index >= 15 is 0 Å². The molecule has 11 heteroatoms. The van der Waals surface area contributed by atoms with Crippen molar-refractivity contribution in [2.75, 3.05) is 7.05 Å². The molecule has 9 nitrogen and oxygen atoms in total. The van der Waals surface area contributed by atoms with Crippen LogP contribution in [0.25, 0.3) is 0 Å². The molecule has 1 unspecified atom stereocenters. The molecule has 1 aromatic heterocycles. The zero-order valence-corrected chi connectivity index (χ0v) is 15.0. The van der Waals surface area contributed by atoms with Crippen LogP contribution in [0.15, 0.2) is 50.8 Å². The van der Waals surface area contributed by atoms with Crippen LogP contribution in [0.2, 0.25) is 0 Å². The van der Waals surface area contributed by atoms with Crippen molar-refractivity contribution in [3.05, 3.63) is 47.7 Å². The lowest BCUT2D eigenvalue weighted by atomic mass is 10.1. The van der Waals surface area contributed by atoms with Gasteiger partial charge in [-0.1, -0.05) is 12.1 Å². The third-order valence-corrected chi connectivity index (χ3v) is 5.57. The molecule has 0 fully saturated rings. The van der Waals surface area contributed by atoms with Gasteiger partial charge in [0.05, 0.1) is 10.9 Å². The third-order valence-electron chi connectivity index (χ3n) is 3.37. The van der Waals surface area contributed by atoms with Crippen LogP contribution in [-0.2, 0) is 20.0 Å². The second-order valence-electron chi connectivity index (χ2n) is 5.14. The number of carbonyl (C=O) groups excluding carboxylic acids is 1. The Kier molecular flexibility index (Phi) is 5.32. The van der Waals surface area contributed by atoms with Gasteiger partial charge in [0.25, 0.3) is 15.9 Å². The van der Waals surface area contributed by atoms with Gasteiger partial charge < -0.3 is 9.73 Å². The highest BCUT2D eigenvalue weighted by molar-refractivity contribution is 7.89. The number of primary sulfonamides is 1. The van der Waals surface area contributed by atoms with E-state index in [-0.39, 0.29) is 15.7 Å². The first-order valence-corrected chi connectivity index (χ1v) is 10.0. The molecule has 25 heavy (non-hydrogen) atoms. The Morgan fingerprint density at radius 3 is 2.44 bits per heavy atom. The quantitative estimate of drug-likeness (QED) is 0.650. The number of nitrogens with two attached hydrogens (primary N) is 1. The standard InChI is InChI=1S/C14H17N3O6S2/c1-9(10-4-3-5-11(8-10)24(15,19)20)17-14(18)12-6-7-13(23-12)25(21,22)16-2/h3-9,16H,1-2H3,(H,17,18)(H2,15,19,20). The predicted molar refractivity (Wildman–Crippen MR) is 88.6 cm³/mol. The lowest BCUT2D eigenvalue weighted by Crippen LogP contribution is -2.26. The SMILES string of the molecule is CNS(=O)(=O)c1ccc(C(=O)NC(C)c2cccc(S(N)(=O)=O)c2)o1. The fraction of sp³-hybridized carbons (Fsp3) is 0.214. The minimum atomic E-state index is -3.86. The van der Waals surface area contributed by atoms with Gasteiger partial charge in [-0.3, -0.25) is 4.79 Å². The number of carbonyl (C=O) groups is 1. The van der Waals surface area contributed by atoms with Crippen LogP contribution in [0, 0.1) is 0 Å². The first kappa shape index (κ1) is 19.1. The molecular weight excluding hydrogens is 370 g/mol. The van der Waals surface area contributed by atoms with E-state index in [1.807, 2.05) is 0 Å². The summed E-state index contributed by atoms with van der Waals surface area (Å²) in [6.07, 6.45) is 0. The minimum absolute atomic E-state index is 0.0773. The molecule has 0 radical (unpaired) electrons. The zero-order valence-electron chi connectivity index (χ0n) is 13.4. The predicted octanol–water partition coefficient (Wildman–Crippen LogP) is 0.326. The summed E-state index contributed by atoms with van der Waals surface area (Å²) in [7, 11) is -6.43. The van der Waals surface area contributed by atoms with Gasteiger partial charge in [-0.2, -0.15) is 0 Å². The van der Waals surface area contributed by atoms with E-state index in [0.717, 1.165) is 6.07 Å². The number of sulfonamides is 2. The lowest BCUT2D eigenvalue weighted by Gasteiger charge is -2.14. The summed E-state index contributed by atoms with van der Waals surface area (Å²) in [5, 5.41) is 7.29. The molecule has 0 aliphatic carbocycles. The van der Waals surface area contributed by atoms with E-state index in [2.05, 4.69) is 10.0 Å². The Balaban J connectivity index is 2.19. The summed E-state index contributed by atoms with van der Waals surface area (Å²) in [5.74, 6) is -0.839. The molecule has 4 N–H and O–H groups in total. The van der Waals surface area contributed by atoms with E-state index in [0.29, 0.717) is 5.56 Å². The van der Waals surface area contributed by atoms with Crippen molar-refractivity contribution in [1.29, 1.82) is 0 Å². The lowest BCUT2D eigenvalue weighted by molar-refractivity contribution is 0.0906. The highest BCUT2D eigenvalue weighted by atomic mass is 32.2. The molecule has 0 saturated carbocycles. The third kappa shape index (κ3) is 4.45. The summed E-state index contributed by atoms with van der Waals surface area (Å²) in [6.45, 7) is 1.63. The largest absolute Gasteiger partial charge is 0.438 e. The number of amides is 1. The summed E-state index contributed by atoms with van der Waals surface area (Å²) in [4.78, 5) is 12.1. The monoisotopic (exact) mass is 387 g/mol. The van der Waals surface area contributed by atoms with Crippen LogP contribution in [0.3, 0.4) is 0 Å². The van der Waals surface area contributed by atoms with Crippen LogP contribution in [0.5, 0.6) is 0 Å². The van der Waals surface area contributed by atoms with Crippen LogP contribution in [-0.4, -0.2) is 29.8 Å². The van der Waals surface area contributed by atoms with E-state index in [1.165, 1.54) is 31.3 Å². The second-order valence-corrected chi connectivity index (χ2v) is 8.52.